The van der Waals surface area contributed by atoms with Crippen LogP contribution in [-0.2, 0) is 22.3 Å². The van der Waals surface area contributed by atoms with Gasteiger partial charge in [0.15, 0.2) is 5.17 Å². The maximum atomic E-state index is 13.3. The third-order valence-corrected chi connectivity index (χ3v) is 7.16. The molecule has 1 aliphatic heterocycles. The predicted octanol–water partition coefficient (Wildman–Crippen LogP) is 6.49. The van der Waals surface area contributed by atoms with Crippen molar-refractivity contribution in [1.82, 2.24) is 4.90 Å². The van der Waals surface area contributed by atoms with E-state index < -0.39 is 17.0 Å². The highest BCUT2D eigenvalue weighted by Crippen LogP contribution is 2.34. The van der Waals surface area contributed by atoms with Crippen LogP contribution in [0.15, 0.2) is 71.7 Å². The zero-order chi connectivity index (χ0) is 27.4. The average molecular weight is 542 g/mol. The first kappa shape index (κ1) is 27.3. The van der Waals surface area contributed by atoms with Crippen LogP contribution in [0.1, 0.15) is 28.7 Å². The molecule has 0 spiro atoms. The molecule has 6 nitrogen and oxygen atoms in total. The van der Waals surface area contributed by atoms with Crippen molar-refractivity contribution in [3.05, 3.63) is 89.0 Å². The van der Waals surface area contributed by atoms with Crippen molar-refractivity contribution in [2.24, 2.45) is 4.99 Å². The van der Waals surface area contributed by atoms with Gasteiger partial charge in [0.05, 0.1) is 24.9 Å². The van der Waals surface area contributed by atoms with Gasteiger partial charge in [0.25, 0.3) is 0 Å². The van der Waals surface area contributed by atoms with Crippen LogP contribution in [0.25, 0.3) is 0 Å². The largest absolute Gasteiger partial charge is 0.497 e. The van der Waals surface area contributed by atoms with Gasteiger partial charge in [0.2, 0.25) is 11.8 Å². The molecule has 1 unspecified atom stereocenters. The number of carbonyl (C=O) groups is 2. The van der Waals surface area contributed by atoms with Crippen LogP contribution in [0.3, 0.4) is 0 Å². The van der Waals surface area contributed by atoms with Crippen molar-refractivity contribution in [3.8, 4) is 5.75 Å². The van der Waals surface area contributed by atoms with Crippen LogP contribution in [0.5, 0.6) is 5.75 Å². The highest BCUT2D eigenvalue weighted by atomic mass is 32.2. The number of methoxy groups -OCH3 is 1. The van der Waals surface area contributed by atoms with Gasteiger partial charge in [0.1, 0.15) is 11.0 Å². The van der Waals surface area contributed by atoms with Crippen LogP contribution < -0.4 is 10.1 Å². The number of hydrogen-bond acceptors (Lipinski definition) is 5. The summed E-state index contributed by atoms with van der Waals surface area (Å²) in [6, 6.07) is 17.3. The van der Waals surface area contributed by atoms with Gasteiger partial charge in [0, 0.05) is 12.1 Å². The number of anilines is 1. The molecule has 4 rings (SSSR count). The Labute approximate surface area is 222 Å². The lowest BCUT2D eigenvalue weighted by molar-refractivity contribution is -0.137. The number of ether oxygens (including phenoxy) is 1. The van der Waals surface area contributed by atoms with E-state index in [0.29, 0.717) is 11.4 Å². The van der Waals surface area contributed by atoms with E-state index in [0.717, 1.165) is 40.6 Å². The maximum Gasteiger partial charge on any atom is 0.416 e. The van der Waals surface area contributed by atoms with E-state index in [1.165, 1.54) is 17.0 Å². The van der Waals surface area contributed by atoms with Gasteiger partial charge in [-0.05, 0) is 61.4 Å². The van der Waals surface area contributed by atoms with Crippen molar-refractivity contribution in [2.75, 3.05) is 12.4 Å². The normalized spacial score (nSPS) is 17.0. The number of halogens is 3. The third kappa shape index (κ3) is 6.55. The standard InChI is InChI=1S/C28H26F3N3O3S/c1-17-7-12-23(18(2)13-17)33-26(36)24-15-25(35)34(16-19-8-10-22(37-3)11-9-19)27(38-24)32-21-6-4-5-20(14-21)28(29,30)31/h4-14,24H,15-16H2,1-3H3,(H,33,36). The van der Waals surface area contributed by atoms with E-state index >= 15 is 0 Å². The molecule has 0 radical (unpaired) electrons. The lowest BCUT2D eigenvalue weighted by Gasteiger charge is -2.32. The summed E-state index contributed by atoms with van der Waals surface area (Å²) >= 11 is 1.05. The summed E-state index contributed by atoms with van der Waals surface area (Å²) < 4.78 is 45.0. The molecule has 1 atom stereocenters. The SMILES string of the molecule is COc1ccc(CN2C(=O)CC(C(=O)Nc3ccc(C)cc3C)SC2=Nc2cccc(C(F)(F)F)c2)cc1. The second-order valence-corrected chi connectivity index (χ2v) is 10.1. The zero-order valence-corrected chi connectivity index (χ0v) is 21.8. The fourth-order valence-electron chi connectivity index (χ4n) is 3.94. The smallest absolute Gasteiger partial charge is 0.416 e. The Morgan fingerprint density at radius 2 is 1.84 bits per heavy atom. The lowest BCUT2D eigenvalue weighted by atomic mass is 10.1. The number of hydrogen-bond donors (Lipinski definition) is 1. The van der Waals surface area contributed by atoms with Gasteiger partial charge < -0.3 is 10.1 Å². The number of alkyl halides is 3. The summed E-state index contributed by atoms with van der Waals surface area (Å²) in [5.41, 5.74) is 2.51. The molecule has 38 heavy (non-hydrogen) atoms. The molecule has 0 saturated carbocycles. The number of carbonyl (C=O) groups excluding carboxylic acids is 2. The monoisotopic (exact) mass is 541 g/mol. The Kier molecular flexibility index (Phi) is 8.11. The first-order valence-electron chi connectivity index (χ1n) is 11.8. The molecule has 1 saturated heterocycles. The van der Waals surface area contributed by atoms with E-state index in [1.807, 2.05) is 26.0 Å². The number of aliphatic imine (C=N–C) groups is 1. The third-order valence-electron chi connectivity index (χ3n) is 5.97. The minimum absolute atomic E-state index is 0.0327. The zero-order valence-electron chi connectivity index (χ0n) is 21.0. The molecular formula is C28H26F3N3O3S. The van der Waals surface area contributed by atoms with Gasteiger partial charge in [-0.2, -0.15) is 13.2 Å². The topological polar surface area (TPSA) is 71.0 Å². The maximum absolute atomic E-state index is 13.3. The van der Waals surface area contributed by atoms with Gasteiger partial charge >= 0.3 is 6.18 Å². The fourth-order valence-corrected chi connectivity index (χ4v) is 5.04. The predicted molar refractivity (Wildman–Crippen MR) is 143 cm³/mol. The van der Waals surface area contributed by atoms with Crippen LogP contribution in [0.2, 0.25) is 0 Å². The summed E-state index contributed by atoms with van der Waals surface area (Å²) in [4.78, 5) is 32.2. The summed E-state index contributed by atoms with van der Waals surface area (Å²) in [6.07, 6.45) is -4.62. The summed E-state index contributed by atoms with van der Waals surface area (Å²) in [5, 5.41) is 2.21. The first-order chi connectivity index (χ1) is 18.0. The van der Waals surface area contributed by atoms with Crippen molar-refractivity contribution in [3.63, 3.8) is 0 Å². The molecule has 1 N–H and O–H groups in total. The van der Waals surface area contributed by atoms with E-state index in [4.69, 9.17) is 4.74 Å². The molecule has 0 aliphatic carbocycles. The minimum atomic E-state index is -4.54. The Balaban J connectivity index is 1.64. The highest BCUT2D eigenvalue weighted by molar-refractivity contribution is 8.15. The quantitative estimate of drug-likeness (QED) is 0.387. The molecule has 3 aromatic carbocycles. The van der Waals surface area contributed by atoms with Gasteiger partial charge in [-0.1, -0.05) is 47.7 Å². The van der Waals surface area contributed by atoms with Crippen molar-refractivity contribution in [2.45, 2.75) is 38.2 Å². The second kappa shape index (κ2) is 11.3. The summed E-state index contributed by atoms with van der Waals surface area (Å²) in [6.45, 7) is 3.96. The molecule has 1 heterocycles. The summed E-state index contributed by atoms with van der Waals surface area (Å²) in [7, 11) is 1.54. The Morgan fingerprint density at radius 3 is 2.50 bits per heavy atom. The summed E-state index contributed by atoms with van der Waals surface area (Å²) in [5.74, 6) is -0.0868. The van der Waals surface area contributed by atoms with Crippen LogP contribution in [-0.4, -0.2) is 34.2 Å². The highest BCUT2D eigenvalue weighted by Gasteiger charge is 2.36. The number of thioether (sulfide) groups is 1. The minimum Gasteiger partial charge on any atom is -0.497 e. The number of amides is 2. The van der Waals surface area contributed by atoms with Crippen molar-refractivity contribution < 1.29 is 27.5 Å². The number of aryl methyl sites for hydroxylation is 2. The molecule has 1 aliphatic rings. The molecule has 3 aromatic rings. The number of rotatable bonds is 6. The molecule has 198 valence electrons. The van der Waals surface area contributed by atoms with Gasteiger partial charge in [-0.3, -0.25) is 14.5 Å². The fraction of sp³-hybridized carbons (Fsp3) is 0.250. The van der Waals surface area contributed by atoms with Crippen molar-refractivity contribution in [1.29, 1.82) is 0 Å². The average Bonchev–Trinajstić information content (AvgIpc) is 2.87. The number of nitrogens with one attached hydrogen (secondary N) is 1. The number of nitrogens with zero attached hydrogens (tertiary/aromatic N) is 2. The molecule has 2 amide bonds. The van der Waals surface area contributed by atoms with E-state index in [2.05, 4.69) is 10.3 Å². The number of amidine groups is 1. The Hall–Kier alpha value is -3.79. The first-order valence-corrected chi connectivity index (χ1v) is 12.7. The van der Waals surface area contributed by atoms with Gasteiger partial charge in [-0.15, -0.1) is 0 Å². The van der Waals surface area contributed by atoms with Gasteiger partial charge in [-0.25, -0.2) is 4.99 Å². The second-order valence-electron chi connectivity index (χ2n) is 8.89. The molecule has 1 fully saturated rings. The Bertz CT molecular complexity index is 1370. The van der Waals surface area contributed by atoms with Crippen LogP contribution >= 0.6 is 11.8 Å². The molecule has 0 aromatic heterocycles. The van der Waals surface area contributed by atoms with E-state index in [1.54, 1.807) is 37.4 Å². The Morgan fingerprint density at radius 1 is 1.11 bits per heavy atom. The number of benzene rings is 3. The lowest BCUT2D eigenvalue weighted by Crippen LogP contribution is -2.44. The molecule has 0 bridgehead atoms. The van der Waals surface area contributed by atoms with Crippen molar-refractivity contribution >= 4 is 40.1 Å². The van der Waals surface area contributed by atoms with Crippen LogP contribution in [0.4, 0.5) is 24.5 Å². The van der Waals surface area contributed by atoms with Crippen LogP contribution in [0, 0.1) is 13.8 Å². The molecule has 10 heteroatoms. The molecular weight excluding hydrogens is 515 g/mol. The van der Waals surface area contributed by atoms with E-state index in [-0.39, 0.29) is 35.6 Å². The van der Waals surface area contributed by atoms with E-state index in [9.17, 15) is 22.8 Å².